The van der Waals surface area contributed by atoms with Crippen LogP contribution >= 0.6 is 0 Å². The standard InChI is InChI=1S/C12H24N2O2/c1-5-7-9(6-2)12(16)14-10(8(3)4)11(13)15/h8-10H,5-7H2,1-4H3,(H2,13,15)(H,14,16). The number of carbonyl (C=O) groups excluding carboxylic acids is 2. The van der Waals surface area contributed by atoms with E-state index in [1.165, 1.54) is 0 Å². The second-order valence-electron chi connectivity index (χ2n) is 4.53. The number of nitrogens with one attached hydrogen (secondary N) is 1. The first-order valence-corrected chi connectivity index (χ1v) is 6.03. The molecule has 2 unspecified atom stereocenters. The third kappa shape index (κ3) is 4.64. The van der Waals surface area contributed by atoms with Crippen LogP contribution in [0.5, 0.6) is 0 Å². The van der Waals surface area contributed by atoms with E-state index in [0.29, 0.717) is 0 Å². The third-order valence-corrected chi connectivity index (χ3v) is 2.77. The zero-order valence-corrected chi connectivity index (χ0v) is 10.7. The average molecular weight is 228 g/mol. The number of primary amides is 1. The molecule has 0 radical (unpaired) electrons. The summed E-state index contributed by atoms with van der Waals surface area (Å²) in [5.74, 6) is -0.497. The Bertz CT molecular complexity index is 239. The van der Waals surface area contributed by atoms with Gasteiger partial charge in [0.1, 0.15) is 6.04 Å². The summed E-state index contributed by atoms with van der Waals surface area (Å²) in [6, 6.07) is -0.557. The normalized spacial score (nSPS) is 14.6. The molecule has 0 saturated heterocycles. The van der Waals surface area contributed by atoms with Crippen molar-refractivity contribution in [2.75, 3.05) is 0 Å². The summed E-state index contributed by atoms with van der Waals surface area (Å²) in [7, 11) is 0. The molecule has 0 aromatic heterocycles. The van der Waals surface area contributed by atoms with E-state index in [1.54, 1.807) is 0 Å². The fourth-order valence-electron chi connectivity index (χ4n) is 1.71. The summed E-state index contributed by atoms with van der Waals surface area (Å²) in [6.45, 7) is 7.77. The number of rotatable bonds is 7. The van der Waals surface area contributed by atoms with Crippen LogP contribution in [-0.4, -0.2) is 17.9 Å². The number of hydrogen-bond donors (Lipinski definition) is 2. The van der Waals surface area contributed by atoms with Gasteiger partial charge in [-0.05, 0) is 18.8 Å². The molecular formula is C12H24N2O2. The summed E-state index contributed by atoms with van der Waals surface area (Å²) < 4.78 is 0. The molecule has 3 N–H and O–H groups in total. The maximum absolute atomic E-state index is 11.9. The zero-order chi connectivity index (χ0) is 12.7. The van der Waals surface area contributed by atoms with Crippen molar-refractivity contribution in [1.29, 1.82) is 0 Å². The maximum atomic E-state index is 11.9. The quantitative estimate of drug-likeness (QED) is 0.692. The third-order valence-electron chi connectivity index (χ3n) is 2.77. The van der Waals surface area contributed by atoms with Gasteiger partial charge in [0.15, 0.2) is 0 Å². The van der Waals surface area contributed by atoms with Crippen LogP contribution in [0.15, 0.2) is 0 Å². The molecule has 0 aromatic rings. The highest BCUT2D eigenvalue weighted by atomic mass is 16.2. The fourth-order valence-corrected chi connectivity index (χ4v) is 1.71. The molecule has 0 aromatic carbocycles. The second kappa shape index (κ2) is 7.25. The average Bonchev–Trinajstić information content (AvgIpc) is 2.21. The van der Waals surface area contributed by atoms with Gasteiger partial charge in [0.25, 0.3) is 0 Å². The predicted octanol–water partition coefficient (Wildman–Crippen LogP) is 1.44. The van der Waals surface area contributed by atoms with Crippen molar-refractivity contribution in [1.82, 2.24) is 5.32 Å². The van der Waals surface area contributed by atoms with Crippen LogP contribution in [-0.2, 0) is 9.59 Å². The van der Waals surface area contributed by atoms with E-state index in [9.17, 15) is 9.59 Å². The highest BCUT2D eigenvalue weighted by molar-refractivity contribution is 5.87. The Morgan fingerprint density at radius 1 is 1.25 bits per heavy atom. The minimum Gasteiger partial charge on any atom is -0.368 e. The number of carbonyl (C=O) groups is 2. The minimum atomic E-state index is -0.557. The Kier molecular flexibility index (Phi) is 6.77. The van der Waals surface area contributed by atoms with E-state index in [4.69, 9.17) is 5.73 Å². The van der Waals surface area contributed by atoms with Gasteiger partial charge in [-0.1, -0.05) is 34.1 Å². The zero-order valence-electron chi connectivity index (χ0n) is 10.7. The second-order valence-corrected chi connectivity index (χ2v) is 4.53. The van der Waals surface area contributed by atoms with Crippen LogP contribution in [0.4, 0.5) is 0 Å². The summed E-state index contributed by atoms with van der Waals surface area (Å²) in [6.07, 6.45) is 2.62. The van der Waals surface area contributed by atoms with Gasteiger partial charge in [-0.15, -0.1) is 0 Å². The van der Waals surface area contributed by atoms with E-state index >= 15 is 0 Å². The Labute approximate surface area is 98.0 Å². The molecule has 16 heavy (non-hydrogen) atoms. The van der Waals surface area contributed by atoms with Crippen LogP contribution < -0.4 is 11.1 Å². The molecule has 0 spiro atoms. The van der Waals surface area contributed by atoms with Crippen molar-refractivity contribution < 1.29 is 9.59 Å². The van der Waals surface area contributed by atoms with Crippen molar-refractivity contribution >= 4 is 11.8 Å². The summed E-state index contributed by atoms with van der Waals surface area (Å²) in [4.78, 5) is 23.0. The highest BCUT2D eigenvalue weighted by Gasteiger charge is 2.24. The molecule has 0 bridgehead atoms. The van der Waals surface area contributed by atoms with Crippen LogP contribution in [0.3, 0.4) is 0 Å². The first-order valence-electron chi connectivity index (χ1n) is 6.03. The minimum absolute atomic E-state index is 0.00870. The van der Waals surface area contributed by atoms with Gasteiger partial charge in [-0.25, -0.2) is 0 Å². The molecule has 94 valence electrons. The molecule has 0 saturated carbocycles. The molecule has 0 aliphatic carbocycles. The van der Waals surface area contributed by atoms with Gasteiger partial charge >= 0.3 is 0 Å². The lowest BCUT2D eigenvalue weighted by atomic mass is 9.97. The van der Waals surface area contributed by atoms with E-state index in [1.807, 2.05) is 27.7 Å². The SMILES string of the molecule is CCCC(CC)C(=O)NC(C(N)=O)C(C)C. The van der Waals surface area contributed by atoms with Crippen LogP contribution in [0.1, 0.15) is 47.0 Å². The molecule has 0 aliphatic heterocycles. The van der Waals surface area contributed by atoms with Crippen molar-refractivity contribution in [2.24, 2.45) is 17.6 Å². The van der Waals surface area contributed by atoms with Crippen molar-refractivity contribution in [3.63, 3.8) is 0 Å². The van der Waals surface area contributed by atoms with Gasteiger partial charge in [0.05, 0.1) is 0 Å². The largest absolute Gasteiger partial charge is 0.368 e. The molecule has 4 heteroatoms. The Hall–Kier alpha value is -1.06. The van der Waals surface area contributed by atoms with E-state index < -0.39 is 11.9 Å². The van der Waals surface area contributed by atoms with Crippen LogP contribution in [0.25, 0.3) is 0 Å². The molecule has 0 aliphatic rings. The van der Waals surface area contributed by atoms with Gasteiger partial charge in [-0.3, -0.25) is 9.59 Å². The number of amides is 2. The lowest BCUT2D eigenvalue weighted by Gasteiger charge is -2.22. The Morgan fingerprint density at radius 3 is 2.12 bits per heavy atom. The van der Waals surface area contributed by atoms with Gasteiger partial charge in [0.2, 0.25) is 11.8 Å². The first-order chi connectivity index (χ1) is 7.43. The Balaban J connectivity index is 4.43. The molecule has 4 nitrogen and oxygen atoms in total. The predicted molar refractivity (Wildman–Crippen MR) is 64.7 cm³/mol. The summed E-state index contributed by atoms with van der Waals surface area (Å²) in [5.41, 5.74) is 5.25. The van der Waals surface area contributed by atoms with Gasteiger partial charge in [0, 0.05) is 5.92 Å². The molecule has 0 rings (SSSR count). The molecule has 0 heterocycles. The molecule has 0 fully saturated rings. The fraction of sp³-hybridized carbons (Fsp3) is 0.833. The van der Waals surface area contributed by atoms with E-state index in [-0.39, 0.29) is 17.7 Å². The van der Waals surface area contributed by atoms with Crippen LogP contribution in [0.2, 0.25) is 0 Å². The van der Waals surface area contributed by atoms with Crippen molar-refractivity contribution in [3.8, 4) is 0 Å². The number of nitrogens with two attached hydrogens (primary N) is 1. The molecule has 2 atom stereocenters. The smallest absolute Gasteiger partial charge is 0.240 e. The molecular weight excluding hydrogens is 204 g/mol. The lowest BCUT2D eigenvalue weighted by Crippen LogP contribution is -2.49. The van der Waals surface area contributed by atoms with E-state index in [2.05, 4.69) is 5.32 Å². The van der Waals surface area contributed by atoms with Gasteiger partial charge in [-0.2, -0.15) is 0 Å². The lowest BCUT2D eigenvalue weighted by molar-refractivity contribution is -0.131. The van der Waals surface area contributed by atoms with Crippen LogP contribution in [0, 0.1) is 11.8 Å². The van der Waals surface area contributed by atoms with Crippen molar-refractivity contribution in [3.05, 3.63) is 0 Å². The van der Waals surface area contributed by atoms with E-state index in [0.717, 1.165) is 19.3 Å². The van der Waals surface area contributed by atoms with Crippen molar-refractivity contribution in [2.45, 2.75) is 53.0 Å². The number of hydrogen-bond acceptors (Lipinski definition) is 2. The van der Waals surface area contributed by atoms with Gasteiger partial charge < -0.3 is 11.1 Å². The maximum Gasteiger partial charge on any atom is 0.240 e. The molecule has 2 amide bonds. The first kappa shape index (κ1) is 14.9. The highest BCUT2D eigenvalue weighted by Crippen LogP contribution is 2.12. The Morgan fingerprint density at radius 2 is 1.81 bits per heavy atom. The monoisotopic (exact) mass is 228 g/mol. The summed E-state index contributed by atoms with van der Waals surface area (Å²) in [5, 5.41) is 2.74. The topological polar surface area (TPSA) is 72.2 Å². The summed E-state index contributed by atoms with van der Waals surface area (Å²) >= 11 is 0.